The zero-order valence-corrected chi connectivity index (χ0v) is 21.2. The van der Waals surface area contributed by atoms with Crippen LogP contribution in [0.4, 0.5) is 0 Å². The molecule has 1 amide bonds. The second-order valence-electron chi connectivity index (χ2n) is 8.20. The summed E-state index contributed by atoms with van der Waals surface area (Å²) < 4.78 is 30.3. The van der Waals surface area contributed by atoms with E-state index in [-0.39, 0.29) is 22.7 Å². The Balaban J connectivity index is 1.59. The van der Waals surface area contributed by atoms with Gasteiger partial charge in [0.25, 0.3) is 15.9 Å². The summed E-state index contributed by atoms with van der Waals surface area (Å²) in [4.78, 5) is 25.5. The van der Waals surface area contributed by atoms with Gasteiger partial charge in [-0.3, -0.25) is 9.36 Å². The van der Waals surface area contributed by atoms with Crippen LogP contribution in [0.25, 0.3) is 5.69 Å². The average molecular weight is 525 g/mol. The van der Waals surface area contributed by atoms with Crippen LogP contribution in [0.15, 0.2) is 88.6 Å². The number of aromatic nitrogens is 3. The van der Waals surface area contributed by atoms with Crippen molar-refractivity contribution in [2.45, 2.75) is 37.6 Å². The van der Waals surface area contributed by atoms with E-state index in [0.717, 1.165) is 12.8 Å². The number of amides is 1. The summed E-state index contributed by atoms with van der Waals surface area (Å²) in [6.07, 6.45) is 2.41. The number of halogens is 1. The Kier molecular flexibility index (Phi) is 7.71. The van der Waals surface area contributed by atoms with Gasteiger partial charge in [0.2, 0.25) is 0 Å². The minimum atomic E-state index is -4.06. The summed E-state index contributed by atoms with van der Waals surface area (Å²) in [5, 5.41) is 4.95. The fraction of sp³-hybridized carbons (Fsp3) is 0.192. The molecule has 4 aromatic rings. The lowest BCUT2D eigenvalue weighted by atomic mass is 10.2. The number of hydrogen-bond donors (Lipinski definition) is 1. The Morgan fingerprint density at radius 1 is 0.972 bits per heavy atom. The van der Waals surface area contributed by atoms with Gasteiger partial charge in [0, 0.05) is 12.0 Å². The first kappa shape index (κ1) is 25.4. The Morgan fingerprint density at radius 2 is 1.64 bits per heavy atom. The number of hydrogen-bond acceptors (Lipinski definition) is 5. The van der Waals surface area contributed by atoms with Gasteiger partial charge in [-0.1, -0.05) is 67.4 Å². The SMILES string of the molecule is CCCCc1nn(-c2ccccc2Cl)c(=O)n1Cc1ccc(S(=O)(=O)NC(=O)c2ccccc2)cc1. The Morgan fingerprint density at radius 3 is 2.31 bits per heavy atom. The van der Waals surface area contributed by atoms with Crippen LogP contribution in [-0.4, -0.2) is 28.7 Å². The van der Waals surface area contributed by atoms with Gasteiger partial charge in [-0.25, -0.2) is 17.9 Å². The molecule has 10 heteroatoms. The largest absolute Gasteiger partial charge is 0.351 e. The van der Waals surface area contributed by atoms with Crippen LogP contribution in [-0.2, 0) is 23.0 Å². The number of para-hydroxylation sites is 1. The molecule has 0 bridgehead atoms. The van der Waals surface area contributed by atoms with Gasteiger partial charge in [0.05, 0.1) is 22.2 Å². The highest BCUT2D eigenvalue weighted by atomic mass is 35.5. The van der Waals surface area contributed by atoms with Crippen molar-refractivity contribution in [3.63, 3.8) is 0 Å². The molecule has 0 atom stereocenters. The van der Waals surface area contributed by atoms with Gasteiger partial charge in [-0.05, 0) is 48.4 Å². The molecule has 8 nitrogen and oxygen atoms in total. The van der Waals surface area contributed by atoms with Crippen LogP contribution in [0.5, 0.6) is 0 Å². The minimum Gasteiger partial charge on any atom is -0.274 e. The van der Waals surface area contributed by atoms with Crippen LogP contribution < -0.4 is 10.4 Å². The van der Waals surface area contributed by atoms with Crippen LogP contribution in [0, 0.1) is 0 Å². The van der Waals surface area contributed by atoms with Crippen molar-refractivity contribution >= 4 is 27.5 Å². The summed E-state index contributed by atoms with van der Waals surface area (Å²) in [7, 11) is -4.06. The zero-order valence-electron chi connectivity index (χ0n) is 19.6. The molecule has 0 radical (unpaired) electrons. The maximum atomic E-state index is 13.3. The van der Waals surface area contributed by atoms with Crippen LogP contribution >= 0.6 is 11.6 Å². The maximum Gasteiger partial charge on any atom is 0.351 e. The molecule has 0 aliphatic heterocycles. The summed E-state index contributed by atoms with van der Waals surface area (Å²) in [6.45, 7) is 2.27. The summed E-state index contributed by atoms with van der Waals surface area (Å²) in [6, 6.07) is 21.2. The predicted molar refractivity (Wildman–Crippen MR) is 138 cm³/mol. The fourth-order valence-electron chi connectivity index (χ4n) is 3.68. The lowest BCUT2D eigenvalue weighted by Gasteiger charge is -2.09. The molecule has 1 aromatic heterocycles. The highest BCUT2D eigenvalue weighted by molar-refractivity contribution is 7.90. The molecule has 1 N–H and O–H groups in total. The molecular weight excluding hydrogens is 500 g/mol. The number of aryl methyl sites for hydroxylation is 1. The van der Waals surface area contributed by atoms with Crippen molar-refractivity contribution in [1.82, 2.24) is 19.1 Å². The summed E-state index contributed by atoms with van der Waals surface area (Å²) >= 11 is 6.30. The van der Waals surface area contributed by atoms with E-state index in [1.165, 1.54) is 28.9 Å². The van der Waals surface area contributed by atoms with Gasteiger partial charge in [-0.2, -0.15) is 4.68 Å². The molecule has 1 heterocycles. The number of carbonyl (C=O) groups is 1. The van der Waals surface area contributed by atoms with Crippen molar-refractivity contribution in [2.24, 2.45) is 0 Å². The number of nitrogens with one attached hydrogen (secondary N) is 1. The van der Waals surface area contributed by atoms with Gasteiger partial charge < -0.3 is 0 Å². The Labute approximate surface area is 214 Å². The second-order valence-corrected chi connectivity index (χ2v) is 10.3. The second kappa shape index (κ2) is 10.9. The maximum absolute atomic E-state index is 13.3. The van der Waals surface area contributed by atoms with E-state index in [2.05, 4.69) is 16.7 Å². The molecule has 0 saturated heterocycles. The number of carbonyl (C=O) groups excluding carboxylic acids is 1. The van der Waals surface area contributed by atoms with E-state index >= 15 is 0 Å². The molecule has 0 aliphatic carbocycles. The van der Waals surface area contributed by atoms with Crippen LogP contribution in [0.1, 0.15) is 41.5 Å². The van der Waals surface area contributed by atoms with Crippen molar-refractivity contribution in [1.29, 1.82) is 0 Å². The topological polar surface area (TPSA) is 103 Å². The third kappa shape index (κ3) is 5.58. The molecule has 0 saturated carbocycles. The normalized spacial score (nSPS) is 11.4. The predicted octanol–water partition coefficient (Wildman–Crippen LogP) is 4.20. The first-order chi connectivity index (χ1) is 17.3. The first-order valence-corrected chi connectivity index (χ1v) is 13.3. The van der Waals surface area contributed by atoms with E-state index in [0.29, 0.717) is 28.5 Å². The average Bonchev–Trinajstić information content (AvgIpc) is 3.18. The number of nitrogens with zero attached hydrogens (tertiary/aromatic N) is 3. The van der Waals surface area contributed by atoms with E-state index in [1.807, 2.05) is 0 Å². The smallest absolute Gasteiger partial charge is 0.274 e. The third-order valence-electron chi connectivity index (χ3n) is 5.61. The minimum absolute atomic E-state index is 0.0548. The molecule has 36 heavy (non-hydrogen) atoms. The standard InChI is InChI=1S/C26H25ClN4O4S/c1-2-3-13-24-28-31(23-12-8-7-11-22(23)27)26(33)30(24)18-19-14-16-21(17-15-19)36(34,35)29-25(32)20-9-5-4-6-10-20/h4-12,14-17H,2-3,13,18H2,1H3,(H,29,32). The Bertz CT molecular complexity index is 1530. The molecule has 4 rings (SSSR count). The van der Waals surface area contributed by atoms with Gasteiger partial charge in [0.1, 0.15) is 5.82 Å². The molecule has 0 unspecified atom stereocenters. The Hall–Kier alpha value is -3.69. The van der Waals surface area contributed by atoms with Crippen molar-refractivity contribution < 1.29 is 13.2 Å². The van der Waals surface area contributed by atoms with Crippen LogP contribution in [0.2, 0.25) is 5.02 Å². The molecule has 0 aliphatic rings. The molecule has 3 aromatic carbocycles. The number of sulfonamides is 1. The quantitative estimate of drug-likeness (QED) is 0.353. The third-order valence-corrected chi connectivity index (χ3v) is 7.28. The van der Waals surface area contributed by atoms with E-state index in [4.69, 9.17) is 11.6 Å². The number of benzene rings is 3. The van der Waals surface area contributed by atoms with Gasteiger partial charge in [-0.15, -0.1) is 5.10 Å². The lowest BCUT2D eigenvalue weighted by Crippen LogP contribution is -2.30. The van der Waals surface area contributed by atoms with E-state index < -0.39 is 15.9 Å². The highest BCUT2D eigenvalue weighted by Crippen LogP contribution is 2.19. The summed E-state index contributed by atoms with van der Waals surface area (Å²) in [5.74, 6) is -0.0904. The van der Waals surface area contributed by atoms with Gasteiger partial charge >= 0.3 is 5.69 Å². The molecule has 0 fully saturated rings. The number of unbranched alkanes of at least 4 members (excludes halogenated alkanes) is 1. The van der Waals surface area contributed by atoms with Crippen LogP contribution in [0.3, 0.4) is 0 Å². The molecular formula is C26H25ClN4O4S. The van der Waals surface area contributed by atoms with Crippen molar-refractivity contribution in [3.8, 4) is 5.69 Å². The summed E-state index contributed by atoms with van der Waals surface area (Å²) in [5.41, 5.74) is 1.12. The first-order valence-electron chi connectivity index (χ1n) is 11.4. The zero-order chi connectivity index (χ0) is 25.7. The van der Waals surface area contributed by atoms with Crippen molar-refractivity contribution in [2.75, 3.05) is 0 Å². The monoisotopic (exact) mass is 524 g/mol. The molecule has 186 valence electrons. The highest BCUT2D eigenvalue weighted by Gasteiger charge is 2.20. The van der Waals surface area contributed by atoms with E-state index in [9.17, 15) is 18.0 Å². The lowest BCUT2D eigenvalue weighted by molar-refractivity contribution is 0.0981. The number of rotatable bonds is 9. The van der Waals surface area contributed by atoms with Crippen molar-refractivity contribution in [3.05, 3.63) is 111 Å². The van der Waals surface area contributed by atoms with E-state index in [1.54, 1.807) is 59.2 Å². The van der Waals surface area contributed by atoms with Gasteiger partial charge in [0.15, 0.2) is 0 Å². The molecule has 0 spiro atoms. The fourth-order valence-corrected chi connectivity index (χ4v) is 4.87.